The van der Waals surface area contributed by atoms with Gasteiger partial charge in [0.1, 0.15) is 0 Å². The molecule has 0 heterocycles. The lowest BCUT2D eigenvalue weighted by Gasteiger charge is -1.92. The molecule has 0 aromatic carbocycles. The van der Waals surface area contributed by atoms with Crippen molar-refractivity contribution in [3.8, 4) is 0 Å². The van der Waals surface area contributed by atoms with E-state index in [1.807, 2.05) is 0 Å². The monoisotopic (exact) mass is 114 g/mol. The summed E-state index contributed by atoms with van der Waals surface area (Å²) in [7, 11) is 0. The normalized spacial score (nSPS) is 7.50. The summed E-state index contributed by atoms with van der Waals surface area (Å²) in [6.45, 7) is -0.0289. The number of aliphatic carboxylic acids is 1. The Morgan fingerprint density at radius 3 is 2.88 bits per heavy atom. The molecule has 0 radical (unpaired) electrons. The number of azide groups is 1. The van der Waals surface area contributed by atoms with Crippen molar-refractivity contribution >= 4 is 5.97 Å². The highest BCUT2D eigenvalue weighted by molar-refractivity contribution is 5.64. The zero-order valence-corrected chi connectivity index (χ0v) is 4.07. The van der Waals surface area contributed by atoms with Gasteiger partial charge >= 0.3 is 0 Å². The molecular formula is C3H4N3O2-. The second kappa shape index (κ2) is 3.95. The van der Waals surface area contributed by atoms with E-state index >= 15 is 0 Å². The molecule has 0 N–H and O–H groups in total. The highest BCUT2D eigenvalue weighted by atomic mass is 16.4. The average molecular weight is 114 g/mol. The fourth-order valence-corrected chi connectivity index (χ4v) is 0.186. The number of rotatable bonds is 3. The maximum Gasteiger partial charge on any atom is 0.0415 e. The third-order valence-electron chi connectivity index (χ3n) is 0.479. The predicted molar refractivity (Wildman–Crippen MR) is 23.6 cm³/mol. The molecule has 0 saturated heterocycles. The topological polar surface area (TPSA) is 88.9 Å². The number of carbonyl (C=O) groups is 1. The average Bonchev–Trinajstić information content (AvgIpc) is 1.66. The Morgan fingerprint density at radius 1 is 1.88 bits per heavy atom. The van der Waals surface area contributed by atoms with E-state index < -0.39 is 5.97 Å². The molecule has 0 aliphatic rings. The highest BCUT2D eigenvalue weighted by Crippen LogP contribution is 1.76. The van der Waals surface area contributed by atoms with Gasteiger partial charge in [0.2, 0.25) is 0 Å². The van der Waals surface area contributed by atoms with E-state index in [0.29, 0.717) is 0 Å². The Kier molecular flexibility index (Phi) is 3.35. The molecule has 0 spiro atoms. The van der Waals surface area contributed by atoms with Crippen LogP contribution in [0.5, 0.6) is 0 Å². The number of carbonyl (C=O) groups excluding carboxylic acids is 1. The minimum Gasteiger partial charge on any atom is -0.550 e. The molecule has 0 aliphatic carbocycles. The smallest absolute Gasteiger partial charge is 0.0415 e. The SMILES string of the molecule is [N-]=[N+]=NCCC(=O)[O-]. The van der Waals surface area contributed by atoms with Crippen LogP contribution in [0.15, 0.2) is 5.11 Å². The molecule has 0 fully saturated rings. The molecular weight excluding hydrogens is 110 g/mol. The molecule has 44 valence electrons. The van der Waals surface area contributed by atoms with Crippen LogP contribution in [0.2, 0.25) is 0 Å². The summed E-state index contributed by atoms with van der Waals surface area (Å²) in [6.07, 6.45) is -0.204. The lowest BCUT2D eigenvalue weighted by atomic mass is 10.4. The number of carboxylic acid groups (broad SMARTS) is 1. The van der Waals surface area contributed by atoms with Crippen molar-refractivity contribution in [1.82, 2.24) is 0 Å². The van der Waals surface area contributed by atoms with Crippen LogP contribution in [0.1, 0.15) is 6.42 Å². The molecule has 0 aliphatic heterocycles. The standard InChI is InChI=1S/C3H5N3O2/c4-6-5-2-1-3(7)8/h1-2H2,(H,7,8)/p-1. The first kappa shape index (κ1) is 6.78. The molecule has 0 atom stereocenters. The van der Waals surface area contributed by atoms with E-state index in [-0.39, 0.29) is 13.0 Å². The molecule has 5 nitrogen and oxygen atoms in total. The van der Waals surface area contributed by atoms with E-state index in [1.165, 1.54) is 0 Å². The van der Waals surface area contributed by atoms with Crippen molar-refractivity contribution in [2.45, 2.75) is 6.42 Å². The summed E-state index contributed by atoms with van der Waals surface area (Å²) < 4.78 is 0. The Bertz CT molecular complexity index is 124. The van der Waals surface area contributed by atoms with Crippen molar-refractivity contribution in [3.63, 3.8) is 0 Å². The van der Waals surface area contributed by atoms with Gasteiger partial charge in [-0.1, -0.05) is 5.11 Å². The van der Waals surface area contributed by atoms with E-state index in [2.05, 4.69) is 10.0 Å². The van der Waals surface area contributed by atoms with Gasteiger partial charge in [0.15, 0.2) is 0 Å². The molecule has 0 aromatic heterocycles. The number of hydrogen-bond donors (Lipinski definition) is 0. The number of carboxylic acids is 1. The number of nitrogens with zero attached hydrogens (tertiary/aromatic N) is 3. The summed E-state index contributed by atoms with van der Waals surface area (Å²) >= 11 is 0. The lowest BCUT2D eigenvalue weighted by Crippen LogP contribution is -2.22. The first-order valence-electron chi connectivity index (χ1n) is 1.98. The summed E-state index contributed by atoms with van der Waals surface area (Å²) in [5.74, 6) is -1.20. The van der Waals surface area contributed by atoms with Crippen LogP contribution < -0.4 is 5.11 Å². The fourth-order valence-electron chi connectivity index (χ4n) is 0.186. The van der Waals surface area contributed by atoms with Gasteiger partial charge in [-0.25, -0.2) is 0 Å². The van der Waals surface area contributed by atoms with Crippen molar-refractivity contribution in [1.29, 1.82) is 0 Å². The summed E-state index contributed by atoms with van der Waals surface area (Å²) in [5, 5.41) is 12.6. The maximum absolute atomic E-state index is 9.58. The van der Waals surface area contributed by atoms with E-state index in [0.717, 1.165) is 0 Å². The van der Waals surface area contributed by atoms with Gasteiger partial charge in [-0.05, 0) is 12.0 Å². The van der Waals surface area contributed by atoms with Crippen LogP contribution in [0, 0.1) is 0 Å². The Hall–Kier alpha value is -1.22. The second-order valence-corrected chi connectivity index (χ2v) is 1.08. The fraction of sp³-hybridized carbons (Fsp3) is 0.667. The van der Waals surface area contributed by atoms with Crippen LogP contribution in [0.3, 0.4) is 0 Å². The predicted octanol–water partition coefficient (Wildman–Crippen LogP) is -0.563. The summed E-state index contributed by atoms with van der Waals surface area (Å²) in [5.41, 5.74) is 7.62. The van der Waals surface area contributed by atoms with Crippen LogP contribution in [-0.4, -0.2) is 12.5 Å². The van der Waals surface area contributed by atoms with Gasteiger partial charge in [-0.2, -0.15) is 0 Å². The Labute approximate surface area is 45.6 Å². The van der Waals surface area contributed by atoms with Gasteiger partial charge in [0.05, 0.1) is 0 Å². The van der Waals surface area contributed by atoms with Crippen LogP contribution in [-0.2, 0) is 4.79 Å². The van der Waals surface area contributed by atoms with Gasteiger partial charge in [-0.15, -0.1) is 0 Å². The summed E-state index contributed by atoms with van der Waals surface area (Å²) in [6, 6.07) is 0. The Morgan fingerprint density at radius 2 is 2.50 bits per heavy atom. The van der Waals surface area contributed by atoms with Crippen molar-refractivity contribution in [2.24, 2.45) is 5.11 Å². The lowest BCUT2D eigenvalue weighted by molar-refractivity contribution is -0.305. The largest absolute Gasteiger partial charge is 0.550 e. The van der Waals surface area contributed by atoms with Gasteiger partial charge in [0.25, 0.3) is 0 Å². The minimum atomic E-state index is -1.20. The molecule has 0 unspecified atom stereocenters. The third-order valence-corrected chi connectivity index (χ3v) is 0.479. The second-order valence-electron chi connectivity index (χ2n) is 1.08. The first-order valence-corrected chi connectivity index (χ1v) is 1.98. The molecule has 0 amide bonds. The quantitative estimate of drug-likeness (QED) is 0.279. The summed E-state index contributed by atoms with van der Waals surface area (Å²) in [4.78, 5) is 11.9. The van der Waals surface area contributed by atoms with Crippen LogP contribution in [0.25, 0.3) is 10.4 Å². The first-order chi connectivity index (χ1) is 3.77. The van der Waals surface area contributed by atoms with Gasteiger partial charge in [-0.3, -0.25) is 0 Å². The van der Waals surface area contributed by atoms with Crippen molar-refractivity contribution in [2.75, 3.05) is 6.54 Å². The zero-order valence-electron chi connectivity index (χ0n) is 4.07. The molecule has 0 bridgehead atoms. The molecule has 5 heteroatoms. The highest BCUT2D eigenvalue weighted by Gasteiger charge is 1.79. The maximum atomic E-state index is 9.58. The zero-order chi connectivity index (χ0) is 6.41. The van der Waals surface area contributed by atoms with Gasteiger partial charge < -0.3 is 9.90 Å². The van der Waals surface area contributed by atoms with Crippen LogP contribution >= 0.6 is 0 Å². The van der Waals surface area contributed by atoms with Gasteiger partial charge in [0, 0.05) is 17.4 Å². The third kappa shape index (κ3) is 4.78. The van der Waals surface area contributed by atoms with E-state index in [4.69, 9.17) is 5.53 Å². The van der Waals surface area contributed by atoms with Crippen LogP contribution in [0.4, 0.5) is 0 Å². The Balaban J connectivity index is 3.18. The molecule has 0 rings (SSSR count). The van der Waals surface area contributed by atoms with Crippen molar-refractivity contribution < 1.29 is 9.90 Å². The molecule has 0 aromatic rings. The molecule has 8 heavy (non-hydrogen) atoms. The minimum absolute atomic E-state index is 0.0289. The number of hydrogen-bond acceptors (Lipinski definition) is 3. The van der Waals surface area contributed by atoms with Crippen molar-refractivity contribution in [3.05, 3.63) is 10.4 Å². The molecule has 0 saturated carbocycles. The van der Waals surface area contributed by atoms with E-state index in [9.17, 15) is 9.90 Å². The van der Waals surface area contributed by atoms with E-state index in [1.54, 1.807) is 0 Å².